The van der Waals surface area contributed by atoms with Gasteiger partial charge in [0, 0.05) is 25.8 Å². The van der Waals surface area contributed by atoms with E-state index in [0.717, 1.165) is 43.9 Å². The van der Waals surface area contributed by atoms with Crippen LogP contribution in [0, 0.1) is 5.92 Å². The molecule has 0 aliphatic carbocycles. The minimum atomic E-state index is -0.707. The summed E-state index contributed by atoms with van der Waals surface area (Å²) < 4.78 is 1.97. The topological polar surface area (TPSA) is 68.0 Å². The number of hydrogen-bond donors (Lipinski definition) is 1. The van der Waals surface area contributed by atoms with Gasteiger partial charge in [0.05, 0.1) is 0 Å². The summed E-state index contributed by atoms with van der Waals surface area (Å²) in [6.45, 7) is 2.93. The third kappa shape index (κ3) is 2.40. The summed E-state index contributed by atoms with van der Waals surface area (Å²) in [5.41, 5.74) is 0. The van der Waals surface area contributed by atoms with Crippen molar-refractivity contribution in [3.63, 3.8) is 0 Å². The molecule has 5 heteroatoms. The lowest BCUT2D eigenvalue weighted by atomic mass is 9.93. The summed E-state index contributed by atoms with van der Waals surface area (Å²) in [6.07, 6.45) is 3.77. The predicted molar refractivity (Wildman–Crippen MR) is 58.1 cm³/mol. The van der Waals surface area contributed by atoms with E-state index in [4.69, 9.17) is 5.11 Å². The predicted octanol–water partition coefficient (Wildman–Crippen LogP) is 1.27. The number of aromatic nitrogens is 3. The number of nitrogens with zero attached hydrogens (tertiary/aromatic N) is 3. The minimum absolute atomic E-state index is 0.263. The van der Waals surface area contributed by atoms with E-state index in [-0.39, 0.29) is 6.42 Å². The first-order valence-electron chi connectivity index (χ1n) is 5.83. The molecule has 1 aliphatic heterocycles. The van der Waals surface area contributed by atoms with E-state index in [0.29, 0.717) is 5.92 Å². The standard InChI is InChI=1S/C11H17N3O2/c1-2-9-12-10-7-8(3-4-11(15)16)5-6-14(10)13-9/h8H,2-7H2,1H3,(H,15,16). The number of aryl methyl sites for hydroxylation is 2. The molecule has 0 fully saturated rings. The Labute approximate surface area is 94.5 Å². The van der Waals surface area contributed by atoms with Crippen LogP contribution in [0.1, 0.15) is 37.8 Å². The van der Waals surface area contributed by atoms with Crippen molar-refractivity contribution in [2.45, 2.75) is 45.6 Å². The van der Waals surface area contributed by atoms with Crippen LogP contribution in [0.15, 0.2) is 0 Å². The normalized spacial score (nSPS) is 19.4. The van der Waals surface area contributed by atoms with Gasteiger partial charge < -0.3 is 5.11 Å². The van der Waals surface area contributed by atoms with Crippen LogP contribution < -0.4 is 0 Å². The second kappa shape index (κ2) is 4.63. The van der Waals surface area contributed by atoms with E-state index in [1.165, 1.54) is 0 Å². The Morgan fingerprint density at radius 1 is 1.62 bits per heavy atom. The van der Waals surface area contributed by atoms with Crippen molar-refractivity contribution in [2.75, 3.05) is 0 Å². The zero-order chi connectivity index (χ0) is 11.5. The number of fused-ring (bicyclic) bond motifs is 1. The van der Waals surface area contributed by atoms with Crippen LogP contribution in [0.5, 0.6) is 0 Å². The third-order valence-electron chi connectivity index (χ3n) is 3.10. The summed E-state index contributed by atoms with van der Waals surface area (Å²) in [7, 11) is 0. The first-order valence-corrected chi connectivity index (χ1v) is 5.83. The third-order valence-corrected chi connectivity index (χ3v) is 3.10. The number of aliphatic carboxylic acids is 1. The minimum Gasteiger partial charge on any atom is -0.481 e. The molecule has 2 rings (SSSR count). The average molecular weight is 223 g/mol. The van der Waals surface area contributed by atoms with Gasteiger partial charge in [0.2, 0.25) is 0 Å². The van der Waals surface area contributed by atoms with Crippen molar-refractivity contribution in [3.05, 3.63) is 11.6 Å². The molecule has 0 amide bonds. The second-order valence-electron chi connectivity index (χ2n) is 4.31. The molecule has 0 radical (unpaired) electrons. The maximum Gasteiger partial charge on any atom is 0.303 e. The van der Waals surface area contributed by atoms with Crippen LogP contribution in [0.25, 0.3) is 0 Å². The Bertz CT molecular complexity index is 387. The molecule has 0 saturated heterocycles. The van der Waals surface area contributed by atoms with Crippen molar-refractivity contribution in [2.24, 2.45) is 5.92 Å². The highest BCUT2D eigenvalue weighted by atomic mass is 16.4. The molecule has 1 aromatic heterocycles. The molecule has 1 atom stereocenters. The highest BCUT2D eigenvalue weighted by molar-refractivity contribution is 5.66. The largest absolute Gasteiger partial charge is 0.481 e. The lowest BCUT2D eigenvalue weighted by molar-refractivity contribution is -0.137. The summed E-state index contributed by atoms with van der Waals surface area (Å²) >= 11 is 0. The second-order valence-corrected chi connectivity index (χ2v) is 4.31. The van der Waals surface area contributed by atoms with Crippen LogP contribution in [0.2, 0.25) is 0 Å². The molecule has 0 spiro atoms. The van der Waals surface area contributed by atoms with Gasteiger partial charge in [0.1, 0.15) is 5.82 Å². The van der Waals surface area contributed by atoms with Crippen molar-refractivity contribution < 1.29 is 9.90 Å². The molecular formula is C11H17N3O2. The smallest absolute Gasteiger partial charge is 0.303 e. The molecule has 0 aromatic carbocycles. The van der Waals surface area contributed by atoms with Gasteiger partial charge in [-0.15, -0.1) is 0 Å². The zero-order valence-electron chi connectivity index (χ0n) is 9.52. The Hall–Kier alpha value is -1.39. The van der Waals surface area contributed by atoms with E-state index >= 15 is 0 Å². The van der Waals surface area contributed by atoms with Crippen LogP contribution in [-0.2, 0) is 24.2 Å². The molecule has 2 heterocycles. The van der Waals surface area contributed by atoms with Crippen molar-refractivity contribution in [3.8, 4) is 0 Å². The maximum absolute atomic E-state index is 10.5. The summed E-state index contributed by atoms with van der Waals surface area (Å²) in [6, 6.07) is 0. The van der Waals surface area contributed by atoms with Crippen LogP contribution in [-0.4, -0.2) is 25.8 Å². The Kier molecular flexibility index (Phi) is 3.22. The van der Waals surface area contributed by atoms with Gasteiger partial charge in [-0.05, 0) is 18.8 Å². The Morgan fingerprint density at radius 2 is 2.44 bits per heavy atom. The molecule has 16 heavy (non-hydrogen) atoms. The molecule has 5 nitrogen and oxygen atoms in total. The monoisotopic (exact) mass is 223 g/mol. The average Bonchev–Trinajstić information content (AvgIpc) is 2.68. The highest BCUT2D eigenvalue weighted by Crippen LogP contribution is 2.22. The van der Waals surface area contributed by atoms with E-state index in [1.54, 1.807) is 0 Å². The number of hydrogen-bond acceptors (Lipinski definition) is 3. The van der Waals surface area contributed by atoms with E-state index < -0.39 is 5.97 Å². The fourth-order valence-electron chi connectivity index (χ4n) is 2.15. The van der Waals surface area contributed by atoms with Crippen LogP contribution >= 0.6 is 0 Å². The molecule has 0 saturated carbocycles. The summed E-state index contributed by atoms with van der Waals surface area (Å²) in [5, 5.41) is 13.0. The van der Waals surface area contributed by atoms with Crippen molar-refractivity contribution in [1.82, 2.24) is 14.8 Å². The SMILES string of the molecule is CCc1nc2n(n1)CCC(CCC(=O)O)C2. The van der Waals surface area contributed by atoms with E-state index in [1.807, 2.05) is 11.6 Å². The Balaban J connectivity index is 1.97. The van der Waals surface area contributed by atoms with Gasteiger partial charge in [-0.25, -0.2) is 9.67 Å². The van der Waals surface area contributed by atoms with Crippen molar-refractivity contribution >= 4 is 5.97 Å². The number of rotatable bonds is 4. The quantitative estimate of drug-likeness (QED) is 0.834. The molecular weight excluding hydrogens is 206 g/mol. The van der Waals surface area contributed by atoms with E-state index in [2.05, 4.69) is 10.1 Å². The fraction of sp³-hybridized carbons (Fsp3) is 0.727. The molecule has 1 N–H and O–H groups in total. The number of carbonyl (C=O) groups is 1. The van der Waals surface area contributed by atoms with Gasteiger partial charge in [0.25, 0.3) is 0 Å². The van der Waals surface area contributed by atoms with Gasteiger partial charge >= 0.3 is 5.97 Å². The molecule has 0 bridgehead atoms. The summed E-state index contributed by atoms with van der Waals surface area (Å²) in [5.74, 6) is 1.67. The number of carboxylic acids is 1. The van der Waals surface area contributed by atoms with E-state index in [9.17, 15) is 4.79 Å². The van der Waals surface area contributed by atoms with Crippen molar-refractivity contribution in [1.29, 1.82) is 0 Å². The lowest BCUT2D eigenvalue weighted by Gasteiger charge is -2.21. The molecule has 88 valence electrons. The first kappa shape index (κ1) is 11.1. The lowest BCUT2D eigenvalue weighted by Crippen LogP contribution is -2.21. The maximum atomic E-state index is 10.5. The van der Waals surface area contributed by atoms with Crippen LogP contribution in [0.4, 0.5) is 0 Å². The molecule has 1 unspecified atom stereocenters. The molecule has 1 aliphatic rings. The van der Waals surface area contributed by atoms with Gasteiger partial charge in [-0.2, -0.15) is 5.10 Å². The van der Waals surface area contributed by atoms with Gasteiger partial charge in [-0.1, -0.05) is 6.92 Å². The van der Waals surface area contributed by atoms with Gasteiger partial charge in [-0.3, -0.25) is 4.79 Å². The first-order chi connectivity index (χ1) is 7.69. The highest BCUT2D eigenvalue weighted by Gasteiger charge is 2.21. The van der Waals surface area contributed by atoms with Gasteiger partial charge in [0.15, 0.2) is 5.82 Å². The van der Waals surface area contributed by atoms with Crippen LogP contribution in [0.3, 0.4) is 0 Å². The molecule has 1 aromatic rings. The fourth-order valence-corrected chi connectivity index (χ4v) is 2.15. The Morgan fingerprint density at radius 3 is 3.12 bits per heavy atom. The summed E-state index contributed by atoms with van der Waals surface area (Å²) in [4.78, 5) is 15.0. The zero-order valence-corrected chi connectivity index (χ0v) is 9.52. The number of carboxylic acid groups (broad SMARTS) is 1.